The molecule has 1 rings (SSSR count). The first-order valence-corrected chi connectivity index (χ1v) is 7.63. The predicted molar refractivity (Wildman–Crippen MR) is 69.2 cm³/mol. The van der Waals surface area contributed by atoms with Gasteiger partial charge in [-0.05, 0) is 12.5 Å². The van der Waals surface area contributed by atoms with Crippen molar-refractivity contribution >= 4 is 8.07 Å². The number of hydrogen-bond acceptors (Lipinski definition) is 0. The van der Waals surface area contributed by atoms with Crippen LogP contribution in [0.25, 0.3) is 0 Å². The van der Waals surface area contributed by atoms with Crippen molar-refractivity contribution in [3.8, 4) is 0 Å². The first kappa shape index (κ1) is 23.9. The van der Waals surface area contributed by atoms with Crippen LogP contribution in [0.5, 0.6) is 0 Å². The molecule has 14 heavy (non-hydrogen) atoms. The molecule has 0 N–H and O–H groups in total. The van der Waals surface area contributed by atoms with E-state index < -0.39 is 8.07 Å². The molecule has 0 aromatic rings. The molecule has 0 saturated heterocycles. The molecule has 81 valence electrons. The monoisotopic (exact) mass is 245 g/mol. The van der Waals surface area contributed by atoms with Crippen molar-refractivity contribution in [2.75, 3.05) is 0 Å². The minimum absolute atomic E-state index is 0. The van der Waals surface area contributed by atoms with Crippen LogP contribution in [0.2, 0.25) is 25.7 Å². The average Bonchev–Trinajstić information content (AvgIpc) is 2.12. The van der Waals surface area contributed by atoms with Gasteiger partial charge in [0, 0.05) is 8.07 Å². The number of allylic oxidation sites excluding steroid dienone is 4. The largest absolute Gasteiger partial charge is 3.00 e. The maximum Gasteiger partial charge on any atom is 3.00 e. The van der Waals surface area contributed by atoms with Crippen molar-refractivity contribution in [3.05, 3.63) is 46.1 Å². The first-order valence-electron chi connectivity index (χ1n) is 3.92. The van der Waals surface area contributed by atoms with Crippen LogP contribution >= 0.6 is 0 Å². The fourth-order valence-electron chi connectivity index (χ4n) is 1.30. The Labute approximate surface area is 108 Å². The summed E-state index contributed by atoms with van der Waals surface area (Å²) in [5, 5.41) is 0. The van der Waals surface area contributed by atoms with E-state index in [2.05, 4.69) is 37.9 Å². The van der Waals surface area contributed by atoms with Crippen LogP contribution in [0.1, 0.15) is 6.42 Å². The van der Waals surface area contributed by atoms with E-state index in [1.54, 1.807) is 5.57 Å². The Kier molecular flexibility index (Phi) is 17.0. The second-order valence-electron chi connectivity index (χ2n) is 4.19. The zero-order chi connectivity index (χ0) is 7.61. The molecule has 2 heteroatoms. The normalized spacial score (nSPS) is 12.6. The van der Waals surface area contributed by atoms with Gasteiger partial charge in [-0.3, -0.25) is 0 Å². The molecule has 0 aliphatic heterocycles. The summed E-state index contributed by atoms with van der Waals surface area (Å²) < 4.78 is 0. The van der Waals surface area contributed by atoms with E-state index in [9.17, 15) is 0 Å². The summed E-state index contributed by atoms with van der Waals surface area (Å²) in [4.78, 5) is 0. The summed E-state index contributed by atoms with van der Waals surface area (Å²) in [6.07, 6.45) is 7.91. The van der Waals surface area contributed by atoms with Gasteiger partial charge in [-0.15, -0.1) is 0 Å². The van der Waals surface area contributed by atoms with Crippen molar-refractivity contribution in [1.29, 1.82) is 0 Å². The Balaban J connectivity index is -0.000000125. The van der Waals surface area contributed by atoms with Crippen LogP contribution in [0.15, 0.2) is 23.8 Å². The Hall–Kier alpha value is 0.411. The van der Waals surface area contributed by atoms with Crippen LogP contribution in [0.3, 0.4) is 0 Å². The molecule has 0 aromatic heterocycles. The van der Waals surface area contributed by atoms with Crippen LogP contribution in [0, 0.1) is 22.3 Å². The molecule has 1 radical (unpaired) electrons. The van der Waals surface area contributed by atoms with Crippen molar-refractivity contribution in [2.45, 2.75) is 32.1 Å². The maximum atomic E-state index is 2.42. The smallest absolute Gasteiger partial charge is 0.358 e. The minimum atomic E-state index is -0.831. The zero-order valence-electron chi connectivity index (χ0n) is 10.6. The van der Waals surface area contributed by atoms with Crippen molar-refractivity contribution in [2.24, 2.45) is 0 Å². The summed E-state index contributed by atoms with van der Waals surface area (Å²) in [6.45, 7) is 7.27. The maximum absolute atomic E-state index is 2.42. The molecule has 0 unspecified atom stereocenters. The van der Waals surface area contributed by atoms with Crippen LogP contribution in [-0.4, -0.2) is 8.07 Å². The van der Waals surface area contributed by atoms with E-state index >= 15 is 0 Å². The Morgan fingerprint density at radius 1 is 1.14 bits per heavy atom. The standard InChI is InChI=1S/C9H16Si.3CH3.Ti/c1-10(2,3)8-9-6-4-5-7-9;;;;/h4-6H,7-8H2,1-3H3;3*1H3;/q;3*-1;+3. The van der Waals surface area contributed by atoms with Crippen LogP contribution in [-0.2, 0) is 21.7 Å². The quantitative estimate of drug-likeness (QED) is 0.494. The van der Waals surface area contributed by atoms with E-state index in [1.165, 1.54) is 12.5 Å². The van der Waals surface area contributed by atoms with Crippen molar-refractivity contribution < 1.29 is 21.7 Å². The third-order valence-corrected chi connectivity index (χ3v) is 3.12. The van der Waals surface area contributed by atoms with E-state index in [-0.39, 0.29) is 44.0 Å². The molecule has 0 spiro atoms. The second-order valence-corrected chi connectivity index (χ2v) is 9.67. The molecule has 0 fully saturated rings. The summed E-state index contributed by atoms with van der Waals surface area (Å²) in [5.41, 5.74) is 1.64. The van der Waals surface area contributed by atoms with E-state index in [0.29, 0.717) is 0 Å². The molecular weight excluding hydrogens is 220 g/mol. The third kappa shape index (κ3) is 10.5. The Bertz CT molecular complexity index is 175. The van der Waals surface area contributed by atoms with Gasteiger partial charge < -0.3 is 22.3 Å². The van der Waals surface area contributed by atoms with Gasteiger partial charge in [0.2, 0.25) is 0 Å². The number of hydrogen-bond donors (Lipinski definition) is 0. The first-order chi connectivity index (χ1) is 4.58. The Morgan fingerprint density at radius 3 is 1.93 bits per heavy atom. The second kappa shape index (κ2) is 9.95. The van der Waals surface area contributed by atoms with Gasteiger partial charge in [-0.1, -0.05) is 43.4 Å². The van der Waals surface area contributed by atoms with Gasteiger partial charge in [-0.25, -0.2) is 0 Å². The predicted octanol–water partition coefficient (Wildman–Crippen LogP) is 4.56. The summed E-state index contributed by atoms with van der Waals surface area (Å²) in [7, 11) is -0.831. The van der Waals surface area contributed by atoms with Gasteiger partial charge in [0.15, 0.2) is 0 Å². The van der Waals surface area contributed by atoms with Gasteiger partial charge in [0.05, 0.1) is 0 Å². The van der Waals surface area contributed by atoms with E-state index in [1.807, 2.05) is 0 Å². The molecule has 0 bridgehead atoms. The molecule has 0 amide bonds. The van der Waals surface area contributed by atoms with Crippen LogP contribution < -0.4 is 0 Å². The summed E-state index contributed by atoms with van der Waals surface area (Å²) in [5.74, 6) is 0. The molecule has 0 heterocycles. The molecule has 0 aromatic carbocycles. The topological polar surface area (TPSA) is 0 Å². The third-order valence-electron chi connectivity index (χ3n) is 1.61. The molecule has 0 saturated carbocycles. The molecule has 0 nitrogen and oxygen atoms in total. The Morgan fingerprint density at radius 2 is 1.64 bits per heavy atom. The van der Waals surface area contributed by atoms with Crippen molar-refractivity contribution in [3.63, 3.8) is 0 Å². The molecular formula is C12H25SiTi. The van der Waals surface area contributed by atoms with Gasteiger partial charge >= 0.3 is 21.7 Å². The van der Waals surface area contributed by atoms with Gasteiger partial charge in [-0.2, -0.15) is 0 Å². The fraction of sp³-hybridized carbons (Fsp3) is 0.417. The van der Waals surface area contributed by atoms with Gasteiger partial charge in [0.1, 0.15) is 0 Å². The molecule has 1 aliphatic rings. The molecule has 1 aliphatic carbocycles. The minimum Gasteiger partial charge on any atom is -0.358 e. The average molecular weight is 245 g/mol. The molecule has 0 atom stereocenters. The summed E-state index contributed by atoms with van der Waals surface area (Å²) in [6, 6.07) is 1.38. The number of rotatable bonds is 2. The van der Waals surface area contributed by atoms with Gasteiger partial charge in [0.25, 0.3) is 0 Å². The van der Waals surface area contributed by atoms with E-state index in [0.717, 1.165) is 0 Å². The van der Waals surface area contributed by atoms with E-state index in [4.69, 9.17) is 0 Å². The summed E-state index contributed by atoms with van der Waals surface area (Å²) >= 11 is 0. The fourth-order valence-corrected chi connectivity index (χ4v) is 2.93. The van der Waals surface area contributed by atoms with Crippen molar-refractivity contribution in [1.82, 2.24) is 0 Å². The zero-order valence-corrected chi connectivity index (χ0v) is 13.2. The van der Waals surface area contributed by atoms with Crippen LogP contribution in [0.4, 0.5) is 0 Å². The SMILES string of the molecule is C[Si](C)(C)CC1=CC=CC1.[CH3-].[CH3-].[CH3-].[Ti+3].